The summed E-state index contributed by atoms with van der Waals surface area (Å²) in [5, 5.41) is 10.2. The van der Waals surface area contributed by atoms with E-state index in [1.54, 1.807) is 24.2 Å². The number of allylic oxidation sites excluding steroid dienone is 1. The van der Waals surface area contributed by atoms with Gasteiger partial charge in [-0.15, -0.1) is 0 Å². The standard InChI is InChI=1S/C27H30FN5O2/c1-31(7-8-34)24(35)15-33-12-17-9-16(10-18(17)13-33)26-22-14-32(2)23-4-3-19(28)11-21(23)20-5-6-29-27(30-26)25(20)22/h3-6,9,11,17-18,34H,7-8,10,12-15H2,1-2H3,(H,29,30). The number of halogens is 1. The molecule has 1 aliphatic carbocycles. The topological polar surface area (TPSA) is 75.7 Å². The summed E-state index contributed by atoms with van der Waals surface area (Å²) in [6.07, 6.45) is 5.13. The molecule has 1 saturated heterocycles. The lowest BCUT2D eigenvalue weighted by Gasteiger charge is -2.22. The number of rotatable bonds is 5. The van der Waals surface area contributed by atoms with E-state index in [-0.39, 0.29) is 18.3 Å². The fourth-order valence-electron chi connectivity index (χ4n) is 6.12. The number of benzene rings is 1. The second kappa shape index (κ2) is 8.46. The van der Waals surface area contributed by atoms with Crippen molar-refractivity contribution in [3.05, 3.63) is 53.6 Å². The molecule has 0 radical (unpaired) electrons. The van der Waals surface area contributed by atoms with Crippen molar-refractivity contribution in [3.63, 3.8) is 0 Å². The van der Waals surface area contributed by atoms with Crippen LogP contribution in [0.25, 0.3) is 27.7 Å². The number of aromatic nitrogens is 2. The van der Waals surface area contributed by atoms with Crippen molar-refractivity contribution < 1.29 is 14.3 Å². The van der Waals surface area contributed by atoms with Gasteiger partial charge < -0.3 is 19.9 Å². The molecular weight excluding hydrogens is 445 g/mol. The van der Waals surface area contributed by atoms with Crippen LogP contribution in [0.5, 0.6) is 0 Å². The van der Waals surface area contributed by atoms with E-state index in [1.165, 1.54) is 17.2 Å². The maximum atomic E-state index is 14.2. The Labute approximate surface area is 203 Å². The number of likely N-dealkylation sites (tertiary alicyclic amines) is 1. The molecule has 3 aromatic rings. The molecule has 1 aromatic carbocycles. The van der Waals surface area contributed by atoms with Crippen LogP contribution < -0.4 is 4.90 Å². The van der Waals surface area contributed by atoms with Crippen LogP contribution in [-0.2, 0) is 11.3 Å². The van der Waals surface area contributed by atoms with Crippen molar-refractivity contribution in [2.75, 3.05) is 51.8 Å². The lowest BCUT2D eigenvalue weighted by Crippen LogP contribution is -2.38. The third kappa shape index (κ3) is 3.72. The third-order valence-electron chi connectivity index (χ3n) is 7.86. The number of carbonyl (C=O) groups excluding carboxylic acids is 1. The Hall–Kier alpha value is -3.23. The molecule has 2 atom stereocenters. The summed E-state index contributed by atoms with van der Waals surface area (Å²) < 4.78 is 14.2. The first kappa shape index (κ1) is 22.2. The Balaban J connectivity index is 1.30. The number of pyridine rings is 1. The average Bonchev–Trinajstić information content (AvgIpc) is 3.48. The van der Waals surface area contributed by atoms with Crippen molar-refractivity contribution in [1.82, 2.24) is 19.8 Å². The number of nitrogens with one attached hydrogen (secondary N) is 1. The number of aliphatic hydroxyl groups is 1. The number of nitrogens with zero attached hydrogens (tertiary/aromatic N) is 4. The molecule has 6 rings (SSSR count). The Kier molecular flexibility index (Phi) is 5.38. The van der Waals surface area contributed by atoms with E-state index in [4.69, 9.17) is 5.11 Å². The average molecular weight is 476 g/mol. The van der Waals surface area contributed by atoms with Crippen LogP contribution in [-0.4, -0.2) is 77.7 Å². The van der Waals surface area contributed by atoms with Crippen LogP contribution in [0.2, 0.25) is 0 Å². The number of hydrogen-bond donors (Lipinski definition) is 2. The minimum Gasteiger partial charge on any atom is -0.395 e. The first-order chi connectivity index (χ1) is 16.9. The highest BCUT2D eigenvalue weighted by atomic mass is 19.1. The second-order valence-corrected chi connectivity index (χ2v) is 10.1. The predicted octanol–water partition coefficient (Wildman–Crippen LogP) is 3.10. The van der Waals surface area contributed by atoms with E-state index < -0.39 is 0 Å². The fraction of sp³-hybridized carbons (Fsp3) is 0.407. The van der Waals surface area contributed by atoms with Crippen molar-refractivity contribution in [2.24, 2.45) is 11.8 Å². The maximum Gasteiger partial charge on any atom is 0.236 e. The SMILES string of the molecule is CN(CCO)C(=O)CN1CC2C=C(c3[nH]c4nccc5c4c3CN(C)c3ccc(F)cc3-5)CC2C1. The van der Waals surface area contributed by atoms with Gasteiger partial charge in [0.25, 0.3) is 0 Å². The number of hydrogen-bond acceptors (Lipinski definition) is 5. The summed E-state index contributed by atoms with van der Waals surface area (Å²) in [6, 6.07) is 6.99. The van der Waals surface area contributed by atoms with Crippen molar-refractivity contribution >= 4 is 28.2 Å². The zero-order valence-electron chi connectivity index (χ0n) is 20.1. The molecule has 1 fully saturated rings. The van der Waals surface area contributed by atoms with Gasteiger partial charge in [0.2, 0.25) is 5.91 Å². The minimum atomic E-state index is -0.238. The highest BCUT2D eigenvalue weighted by Crippen LogP contribution is 2.46. The van der Waals surface area contributed by atoms with Gasteiger partial charge in [-0.2, -0.15) is 0 Å². The number of likely N-dealkylation sites (N-methyl/N-ethyl adjacent to an activating group) is 1. The molecule has 2 N–H and O–H groups in total. The number of aromatic amines is 1. The van der Waals surface area contributed by atoms with E-state index >= 15 is 0 Å². The Morgan fingerprint density at radius 3 is 2.94 bits per heavy atom. The van der Waals surface area contributed by atoms with Gasteiger partial charge in [-0.3, -0.25) is 9.69 Å². The van der Waals surface area contributed by atoms with Gasteiger partial charge in [0.15, 0.2) is 0 Å². The fourth-order valence-corrected chi connectivity index (χ4v) is 6.12. The molecule has 2 unspecified atom stereocenters. The smallest absolute Gasteiger partial charge is 0.236 e. The van der Waals surface area contributed by atoms with Gasteiger partial charge in [-0.25, -0.2) is 9.37 Å². The normalized spacial score (nSPS) is 21.1. The molecule has 4 heterocycles. The summed E-state index contributed by atoms with van der Waals surface area (Å²) in [6.45, 7) is 3.24. The monoisotopic (exact) mass is 475 g/mol. The quantitative estimate of drug-likeness (QED) is 0.593. The number of fused-ring (bicyclic) bond motifs is 3. The van der Waals surface area contributed by atoms with E-state index in [9.17, 15) is 9.18 Å². The van der Waals surface area contributed by atoms with Gasteiger partial charge in [-0.1, -0.05) is 6.08 Å². The van der Waals surface area contributed by atoms with Crippen molar-refractivity contribution in [2.45, 2.75) is 13.0 Å². The minimum absolute atomic E-state index is 0.0157. The Morgan fingerprint density at radius 1 is 1.29 bits per heavy atom. The number of H-pyrrole nitrogens is 1. The van der Waals surface area contributed by atoms with Gasteiger partial charge in [0.05, 0.1) is 13.2 Å². The molecule has 0 bridgehead atoms. The van der Waals surface area contributed by atoms with E-state index in [1.807, 2.05) is 12.1 Å². The first-order valence-corrected chi connectivity index (χ1v) is 12.2. The summed E-state index contributed by atoms with van der Waals surface area (Å²) in [5.74, 6) is 0.721. The third-order valence-corrected chi connectivity index (χ3v) is 7.86. The summed E-state index contributed by atoms with van der Waals surface area (Å²) in [4.78, 5) is 26.6. The number of aliphatic hydroxyl groups excluding tert-OH is 1. The number of carbonyl (C=O) groups is 1. The number of amides is 1. The van der Waals surface area contributed by atoms with E-state index in [2.05, 4.69) is 32.9 Å². The molecule has 7 nitrogen and oxygen atoms in total. The molecule has 0 saturated carbocycles. The van der Waals surface area contributed by atoms with Crippen LogP contribution in [0, 0.1) is 17.7 Å². The second-order valence-electron chi connectivity index (χ2n) is 10.1. The summed E-state index contributed by atoms with van der Waals surface area (Å²) in [5.41, 5.74) is 7.44. The molecule has 182 valence electrons. The van der Waals surface area contributed by atoms with Crippen molar-refractivity contribution in [3.8, 4) is 11.1 Å². The van der Waals surface area contributed by atoms with Gasteiger partial charge in [-0.05, 0) is 53.7 Å². The zero-order valence-corrected chi connectivity index (χ0v) is 20.1. The van der Waals surface area contributed by atoms with Gasteiger partial charge in [0.1, 0.15) is 11.5 Å². The van der Waals surface area contributed by atoms with Crippen LogP contribution in [0.4, 0.5) is 10.1 Å². The van der Waals surface area contributed by atoms with Crippen LogP contribution in [0.15, 0.2) is 36.5 Å². The zero-order chi connectivity index (χ0) is 24.3. The Morgan fingerprint density at radius 2 is 2.14 bits per heavy atom. The highest BCUT2D eigenvalue weighted by Gasteiger charge is 2.38. The van der Waals surface area contributed by atoms with Crippen LogP contribution in [0.3, 0.4) is 0 Å². The Bertz CT molecular complexity index is 1350. The van der Waals surface area contributed by atoms with Crippen LogP contribution in [0.1, 0.15) is 17.7 Å². The lowest BCUT2D eigenvalue weighted by molar-refractivity contribution is -0.131. The molecule has 2 aliphatic heterocycles. The largest absolute Gasteiger partial charge is 0.395 e. The first-order valence-electron chi connectivity index (χ1n) is 12.2. The van der Waals surface area contributed by atoms with E-state index in [0.29, 0.717) is 24.9 Å². The lowest BCUT2D eigenvalue weighted by atomic mass is 9.97. The molecule has 1 amide bonds. The molecular formula is C27H30FN5O2. The van der Waals surface area contributed by atoms with Crippen LogP contribution >= 0.6 is 0 Å². The van der Waals surface area contributed by atoms with Gasteiger partial charge in [0, 0.05) is 74.4 Å². The van der Waals surface area contributed by atoms with Gasteiger partial charge >= 0.3 is 0 Å². The van der Waals surface area contributed by atoms with Crippen molar-refractivity contribution in [1.29, 1.82) is 0 Å². The molecule has 8 heteroatoms. The summed E-state index contributed by atoms with van der Waals surface area (Å²) in [7, 11) is 3.79. The maximum absolute atomic E-state index is 14.2. The molecule has 3 aliphatic rings. The van der Waals surface area contributed by atoms with E-state index in [0.717, 1.165) is 59.6 Å². The molecule has 0 spiro atoms. The molecule has 2 aromatic heterocycles. The summed E-state index contributed by atoms with van der Waals surface area (Å²) >= 11 is 0. The number of anilines is 1. The highest BCUT2D eigenvalue weighted by molar-refractivity contribution is 6.02. The predicted molar refractivity (Wildman–Crippen MR) is 134 cm³/mol. The molecule has 35 heavy (non-hydrogen) atoms.